The van der Waals surface area contributed by atoms with Crippen LogP contribution in [0, 0.1) is 0 Å². The standard InChI is InChI=1S/C10H9ClO2/c11-7-3-4-10-8(6-7)9(12)2-1-5-13-10/h3-4,6H,1-2,5H2. The number of carbonyl (C=O) groups is 1. The summed E-state index contributed by atoms with van der Waals surface area (Å²) in [5.74, 6) is 0.780. The summed E-state index contributed by atoms with van der Waals surface area (Å²) >= 11 is 5.79. The van der Waals surface area contributed by atoms with Crippen LogP contribution in [0.15, 0.2) is 18.2 Å². The number of hydrogen-bond donors (Lipinski definition) is 0. The van der Waals surface area contributed by atoms with Gasteiger partial charge in [-0.2, -0.15) is 0 Å². The zero-order valence-electron chi connectivity index (χ0n) is 7.05. The quantitative estimate of drug-likeness (QED) is 0.638. The average molecular weight is 197 g/mol. The average Bonchev–Trinajstić information content (AvgIpc) is 2.29. The van der Waals surface area contributed by atoms with Crippen molar-refractivity contribution in [2.75, 3.05) is 6.61 Å². The third-order valence-electron chi connectivity index (χ3n) is 2.05. The minimum absolute atomic E-state index is 0.120. The number of ketones is 1. The zero-order valence-corrected chi connectivity index (χ0v) is 7.80. The molecule has 68 valence electrons. The summed E-state index contributed by atoms with van der Waals surface area (Å²) in [5, 5.41) is 0.581. The highest BCUT2D eigenvalue weighted by Crippen LogP contribution is 2.26. The number of ether oxygens (including phenoxy) is 1. The molecule has 0 N–H and O–H groups in total. The van der Waals surface area contributed by atoms with Crippen molar-refractivity contribution >= 4 is 17.4 Å². The van der Waals surface area contributed by atoms with E-state index < -0.39 is 0 Å². The van der Waals surface area contributed by atoms with Crippen molar-refractivity contribution in [2.24, 2.45) is 0 Å². The van der Waals surface area contributed by atoms with Gasteiger partial charge < -0.3 is 4.74 Å². The number of Topliss-reactive ketones (excluding diaryl/α,β-unsaturated/α-hetero) is 1. The molecule has 0 saturated heterocycles. The van der Waals surface area contributed by atoms with Gasteiger partial charge in [-0.3, -0.25) is 4.79 Å². The van der Waals surface area contributed by atoms with Crippen LogP contribution in [0.5, 0.6) is 5.75 Å². The molecule has 0 aliphatic carbocycles. The molecule has 0 amide bonds. The van der Waals surface area contributed by atoms with Crippen LogP contribution in [0.4, 0.5) is 0 Å². The highest BCUT2D eigenvalue weighted by atomic mass is 35.5. The molecule has 1 aliphatic heterocycles. The summed E-state index contributed by atoms with van der Waals surface area (Å²) in [5.41, 5.74) is 0.616. The molecule has 0 unspecified atom stereocenters. The molecule has 1 aliphatic rings. The van der Waals surface area contributed by atoms with Gasteiger partial charge in [0.25, 0.3) is 0 Å². The number of carbonyl (C=O) groups excluding carboxylic acids is 1. The van der Waals surface area contributed by atoms with Crippen LogP contribution in [0.2, 0.25) is 5.02 Å². The normalized spacial score (nSPS) is 15.9. The van der Waals surface area contributed by atoms with Crippen molar-refractivity contribution in [3.8, 4) is 5.75 Å². The summed E-state index contributed by atoms with van der Waals surface area (Å²) in [6, 6.07) is 5.16. The maximum atomic E-state index is 11.5. The molecule has 1 heterocycles. The largest absolute Gasteiger partial charge is 0.493 e. The lowest BCUT2D eigenvalue weighted by molar-refractivity contribution is 0.0983. The molecule has 0 bridgehead atoms. The maximum Gasteiger partial charge on any atom is 0.166 e. The Kier molecular flexibility index (Phi) is 2.23. The Bertz CT molecular complexity index is 347. The van der Waals surface area contributed by atoms with Crippen molar-refractivity contribution in [2.45, 2.75) is 12.8 Å². The van der Waals surface area contributed by atoms with E-state index in [1.807, 2.05) is 0 Å². The summed E-state index contributed by atoms with van der Waals surface area (Å²) in [7, 11) is 0. The van der Waals surface area contributed by atoms with Gasteiger partial charge in [0.1, 0.15) is 5.75 Å². The van der Waals surface area contributed by atoms with E-state index >= 15 is 0 Å². The second kappa shape index (κ2) is 3.38. The van der Waals surface area contributed by atoms with Gasteiger partial charge in [-0.15, -0.1) is 0 Å². The number of fused-ring (bicyclic) bond motifs is 1. The Balaban J connectivity index is 2.49. The third-order valence-corrected chi connectivity index (χ3v) is 2.28. The van der Waals surface area contributed by atoms with Crippen LogP contribution in [0.25, 0.3) is 0 Å². The van der Waals surface area contributed by atoms with Gasteiger partial charge in [0, 0.05) is 11.4 Å². The van der Waals surface area contributed by atoms with Gasteiger partial charge in [0.15, 0.2) is 5.78 Å². The SMILES string of the molecule is O=C1CCCOc2ccc(Cl)cc21. The number of halogens is 1. The van der Waals surface area contributed by atoms with Crippen LogP contribution >= 0.6 is 11.6 Å². The Morgan fingerprint density at radius 3 is 3.08 bits per heavy atom. The Morgan fingerprint density at radius 1 is 1.38 bits per heavy atom. The zero-order chi connectivity index (χ0) is 9.26. The van der Waals surface area contributed by atoms with Crippen LogP contribution < -0.4 is 4.74 Å². The summed E-state index contributed by atoms with van der Waals surface area (Å²) in [4.78, 5) is 11.5. The van der Waals surface area contributed by atoms with Gasteiger partial charge >= 0.3 is 0 Å². The lowest BCUT2D eigenvalue weighted by Crippen LogP contribution is -1.96. The highest BCUT2D eigenvalue weighted by Gasteiger charge is 2.16. The van der Waals surface area contributed by atoms with Gasteiger partial charge in [-0.1, -0.05) is 11.6 Å². The topological polar surface area (TPSA) is 26.3 Å². The van der Waals surface area contributed by atoms with Crippen LogP contribution in [-0.4, -0.2) is 12.4 Å². The maximum absolute atomic E-state index is 11.5. The molecule has 1 aromatic carbocycles. The van der Waals surface area contributed by atoms with E-state index in [0.717, 1.165) is 6.42 Å². The molecule has 13 heavy (non-hydrogen) atoms. The predicted octanol–water partition coefficient (Wildman–Crippen LogP) is 2.70. The predicted molar refractivity (Wildman–Crippen MR) is 50.5 cm³/mol. The van der Waals surface area contributed by atoms with Crippen molar-refractivity contribution in [3.05, 3.63) is 28.8 Å². The lowest BCUT2D eigenvalue weighted by Gasteiger charge is -2.05. The minimum Gasteiger partial charge on any atom is -0.493 e. The molecule has 3 heteroatoms. The Morgan fingerprint density at radius 2 is 2.23 bits per heavy atom. The van der Waals surface area contributed by atoms with E-state index in [1.54, 1.807) is 18.2 Å². The summed E-state index contributed by atoms with van der Waals surface area (Å²) < 4.78 is 5.39. The molecule has 0 saturated carbocycles. The molecule has 2 rings (SSSR count). The van der Waals surface area contributed by atoms with Crippen molar-refractivity contribution in [1.82, 2.24) is 0 Å². The fourth-order valence-corrected chi connectivity index (χ4v) is 1.57. The third kappa shape index (κ3) is 1.68. The molecule has 0 atom stereocenters. The van der Waals surface area contributed by atoms with Crippen molar-refractivity contribution in [1.29, 1.82) is 0 Å². The van der Waals surface area contributed by atoms with Gasteiger partial charge in [0.2, 0.25) is 0 Å². The monoisotopic (exact) mass is 196 g/mol. The smallest absolute Gasteiger partial charge is 0.166 e. The van der Waals surface area contributed by atoms with Gasteiger partial charge in [-0.25, -0.2) is 0 Å². The Labute approximate surface area is 81.5 Å². The first-order chi connectivity index (χ1) is 6.27. The lowest BCUT2D eigenvalue weighted by atomic mass is 10.1. The summed E-state index contributed by atoms with van der Waals surface area (Å²) in [6.07, 6.45) is 1.33. The first-order valence-corrected chi connectivity index (χ1v) is 4.61. The van der Waals surface area contributed by atoms with E-state index in [1.165, 1.54) is 0 Å². The first kappa shape index (κ1) is 8.57. The molecule has 1 aromatic rings. The molecule has 0 fully saturated rings. The highest BCUT2D eigenvalue weighted by molar-refractivity contribution is 6.31. The number of rotatable bonds is 0. The fourth-order valence-electron chi connectivity index (χ4n) is 1.40. The Hall–Kier alpha value is -1.02. The van der Waals surface area contributed by atoms with E-state index in [9.17, 15) is 4.79 Å². The molecule has 0 spiro atoms. The first-order valence-electron chi connectivity index (χ1n) is 4.23. The van der Waals surface area contributed by atoms with Gasteiger partial charge in [0.05, 0.1) is 12.2 Å². The molecular formula is C10H9ClO2. The minimum atomic E-state index is 0.120. The number of benzene rings is 1. The molecule has 2 nitrogen and oxygen atoms in total. The van der Waals surface area contributed by atoms with Crippen LogP contribution in [0.1, 0.15) is 23.2 Å². The second-order valence-electron chi connectivity index (χ2n) is 3.02. The molecular weight excluding hydrogens is 188 g/mol. The van der Waals surface area contributed by atoms with Crippen LogP contribution in [-0.2, 0) is 0 Å². The van der Waals surface area contributed by atoms with Crippen molar-refractivity contribution in [3.63, 3.8) is 0 Å². The second-order valence-corrected chi connectivity index (χ2v) is 3.45. The molecule has 0 radical (unpaired) electrons. The van der Waals surface area contributed by atoms with E-state index in [4.69, 9.17) is 16.3 Å². The van der Waals surface area contributed by atoms with E-state index in [2.05, 4.69) is 0 Å². The molecule has 0 aromatic heterocycles. The van der Waals surface area contributed by atoms with E-state index in [0.29, 0.717) is 29.4 Å². The van der Waals surface area contributed by atoms with Crippen molar-refractivity contribution < 1.29 is 9.53 Å². The number of hydrogen-bond acceptors (Lipinski definition) is 2. The fraction of sp³-hybridized carbons (Fsp3) is 0.300. The van der Waals surface area contributed by atoms with Gasteiger partial charge in [-0.05, 0) is 24.6 Å². The summed E-state index contributed by atoms with van der Waals surface area (Å²) in [6.45, 7) is 0.611. The van der Waals surface area contributed by atoms with E-state index in [-0.39, 0.29) is 5.78 Å². The van der Waals surface area contributed by atoms with Crippen LogP contribution in [0.3, 0.4) is 0 Å².